The molecule has 6 rings (SSSR count). The maximum absolute atomic E-state index is 15.0. The van der Waals surface area contributed by atoms with Gasteiger partial charge in [-0.05, 0) is 102 Å². The minimum absolute atomic E-state index is 0.00978. The molecule has 10 heteroatoms. The van der Waals surface area contributed by atoms with Crippen LogP contribution in [0.2, 0.25) is 0 Å². The number of nitrogens with zero attached hydrogens (tertiary/aromatic N) is 6. The van der Waals surface area contributed by atoms with E-state index in [9.17, 15) is 4.39 Å². The highest BCUT2D eigenvalue weighted by Crippen LogP contribution is 2.31. The Balaban J connectivity index is 1.16. The Labute approximate surface area is 243 Å². The summed E-state index contributed by atoms with van der Waals surface area (Å²) in [7, 11) is 2.18. The molecule has 4 heterocycles. The quantitative estimate of drug-likeness (QED) is 0.212. The Morgan fingerprint density at radius 3 is 2.29 bits per heavy atom. The lowest BCUT2D eigenvalue weighted by atomic mass is 9.89. The van der Waals surface area contributed by atoms with Crippen LogP contribution in [0.4, 0.5) is 31.9 Å². The maximum Gasteiger partial charge on any atom is 0.229 e. The van der Waals surface area contributed by atoms with Gasteiger partial charge in [-0.15, -0.1) is 0 Å². The number of benzene rings is 2. The lowest BCUT2D eigenvalue weighted by Gasteiger charge is -2.29. The minimum atomic E-state index is -0.652. The number of pyridine rings is 1. The Morgan fingerprint density at radius 2 is 1.60 bits per heavy atom. The van der Waals surface area contributed by atoms with Gasteiger partial charge in [0.1, 0.15) is 22.9 Å². The highest BCUT2D eigenvalue weighted by atomic mass is 19.1. The summed E-state index contributed by atoms with van der Waals surface area (Å²) in [6.45, 7) is 8.09. The summed E-state index contributed by atoms with van der Waals surface area (Å²) in [5, 5.41) is 6.40. The molecule has 0 atom stereocenters. The third-order valence-corrected chi connectivity index (χ3v) is 7.85. The number of halogens is 2. The van der Waals surface area contributed by atoms with Gasteiger partial charge in [0.15, 0.2) is 11.6 Å². The number of aryl methyl sites for hydroxylation is 1. The van der Waals surface area contributed by atoms with Crippen molar-refractivity contribution in [1.82, 2.24) is 29.4 Å². The first-order chi connectivity index (χ1) is 20.2. The van der Waals surface area contributed by atoms with Crippen molar-refractivity contribution in [2.75, 3.05) is 30.8 Å². The molecule has 1 aliphatic heterocycles. The molecule has 0 spiro atoms. The smallest absolute Gasteiger partial charge is 0.229 e. The number of nitrogens with one attached hydrogen (secondary N) is 2. The van der Waals surface area contributed by atoms with Gasteiger partial charge in [-0.1, -0.05) is 12.1 Å². The van der Waals surface area contributed by atoms with Crippen LogP contribution in [-0.4, -0.2) is 49.5 Å². The molecule has 42 heavy (non-hydrogen) atoms. The number of hydrogen-bond donors (Lipinski definition) is 2. The van der Waals surface area contributed by atoms with Crippen molar-refractivity contribution in [3.63, 3.8) is 0 Å². The molecule has 216 valence electrons. The van der Waals surface area contributed by atoms with Gasteiger partial charge in [-0.25, -0.2) is 28.7 Å². The van der Waals surface area contributed by atoms with Crippen molar-refractivity contribution < 1.29 is 8.78 Å². The molecule has 0 saturated carbocycles. The number of rotatable bonds is 7. The molecular weight excluding hydrogens is 534 g/mol. The van der Waals surface area contributed by atoms with E-state index in [0.29, 0.717) is 28.6 Å². The first-order valence-corrected chi connectivity index (χ1v) is 14.2. The van der Waals surface area contributed by atoms with Crippen molar-refractivity contribution in [2.45, 2.75) is 45.6 Å². The lowest BCUT2D eigenvalue weighted by Crippen LogP contribution is -2.29. The van der Waals surface area contributed by atoms with E-state index in [2.05, 4.69) is 66.8 Å². The standard InChI is InChI=1S/C32H34F2N8/c1-19(2)42-20(3)37-31-26(33)15-23(16-28(31)42)30-27(34)18-36-32(40-30)39-29-10-9-25(17-35-29)38-24-7-5-21(6-8-24)22-11-13-41(4)14-12-22/h5-10,15-19,22,38H,11-14H2,1-4H3,(H,35,36,39,40). The van der Waals surface area contributed by atoms with Gasteiger partial charge in [0.2, 0.25) is 5.95 Å². The maximum atomic E-state index is 15.0. The van der Waals surface area contributed by atoms with E-state index in [1.165, 1.54) is 24.5 Å². The molecule has 3 aromatic heterocycles. The number of likely N-dealkylation sites (tertiary alicyclic amines) is 1. The molecule has 0 aliphatic carbocycles. The zero-order valence-electron chi connectivity index (χ0n) is 24.2. The van der Waals surface area contributed by atoms with Crippen LogP contribution in [0, 0.1) is 18.6 Å². The molecule has 0 bridgehead atoms. The fourth-order valence-electron chi connectivity index (χ4n) is 5.69. The second-order valence-electron chi connectivity index (χ2n) is 11.2. The minimum Gasteiger partial charge on any atom is -0.354 e. The van der Waals surface area contributed by atoms with Gasteiger partial charge >= 0.3 is 0 Å². The zero-order valence-corrected chi connectivity index (χ0v) is 24.2. The number of aromatic nitrogens is 5. The summed E-state index contributed by atoms with van der Waals surface area (Å²) in [4.78, 5) is 19.6. The predicted octanol–water partition coefficient (Wildman–Crippen LogP) is 7.35. The van der Waals surface area contributed by atoms with Crippen LogP contribution in [-0.2, 0) is 0 Å². The average Bonchev–Trinajstić information content (AvgIpc) is 3.32. The van der Waals surface area contributed by atoms with Gasteiger partial charge in [-0.2, -0.15) is 0 Å². The number of hydrogen-bond acceptors (Lipinski definition) is 7. The van der Waals surface area contributed by atoms with Crippen LogP contribution in [0.1, 0.15) is 50.0 Å². The lowest BCUT2D eigenvalue weighted by molar-refractivity contribution is 0.255. The molecule has 0 unspecified atom stereocenters. The van der Waals surface area contributed by atoms with Gasteiger partial charge in [0, 0.05) is 17.3 Å². The molecule has 8 nitrogen and oxygen atoms in total. The summed E-state index contributed by atoms with van der Waals surface area (Å²) in [5.41, 5.74) is 4.33. The summed E-state index contributed by atoms with van der Waals surface area (Å²) in [6.07, 6.45) is 5.16. The second kappa shape index (κ2) is 11.4. The van der Waals surface area contributed by atoms with Gasteiger partial charge < -0.3 is 20.1 Å². The topological polar surface area (TPSA) is 83.8 Å². The van der Waals surface area contributed by atoms with Gasteiger partial charge in [0.05, 0.1) is 23.6 Å². The molecular formula is C32H34F2N8. The normalized spacial score (nSPS) is 14.5. The molecule has 0 radical (unpaired) electrons. The largest absolute Gasteiger partial charge is 0.354 e. The fourth-order valence-corrected chi connectivity index (χ4v) is 5.69. The first-order valence-electron chi connectivity index (χ1n) is 14.2. The highest BCUT2D eigenvalue weighted by Gasteiger charge is 2.19. The van der Waals surface area contributed by atoms with Crippen molar-refractivity contribution in [3.05, 3.63) is 83.9 Å². The van der Waals surface area contributed by atoms with E-state index < -0.39 is 11.6 Å². The summed E-state index contributed by atoms with van der Waals surface area (Å²) in [6, 6.07) is 15.3. The number of fused-ring (bicyclic) bond motifs is 1. The molecule has 2 aromatic carbocycles. The van der Waals surface area contributed by atoms with Crippen LogP contribution in [0.25, 0.3) is 22.3 Å². The predicted molar refractivity (Wildman–Crippen MR) is 163 cm³/mol. The summed E-state index contributed by atoms with van der Waals surface area (Å²) in [5.74, 6) is 0.769. The molecule has 1 saturated heterocycles. The van der Waals surface area contributed by atoms with Crippen LogP contribution < -0.4 is 10.6 Å². The monoisotopic (exact) mass is 568 g/mol. The SMILES string of the molecule is Cc1nc2c(F)cc(-c3nc(Nc4ccc(Nc5ccc(C6CCN(C)CC6)cc5)cn4)ncc3F)cc2n1C(C)C. The third kappa shape index (κ3) is 5.67. The second-order valence-corrected chi connectivity index (χ2v) is 11.2. The van der Waals surface area contributed by atoms with Gasteiger partial charge in [0.25, 0.3) is 0 Å². The average molecular weight is 569 g/mol. The number of imidazole rings is 1. The van der Waals surface area contributed by atoms with Crippen molar-refractivity contribution in [3.8, 4) is 11.3 Å². The Morgan fingerprint density at radius 1 is 0.857 bits per heavy atom. The molecule has 0 amide bonds. The fraction of sp³-hybridized carbons (Fsp3) is 0.312. The van der Waals surface area contributed by atoms with Crippen LogP contribution in [0.5, 0.6) is 0 Å². The van der Waals surface area contributed by atoms with Crippen LogP contribution in [0.3, 0.4) is 0 Å². The number of anilines is 4. The first kappa shape index (κ1) is 27.7. The van der Waals surface area contributed by atoms with Crippen molar-refractivity contribution >= 4 is 34.2 Å². The third-order valence-electron chi connectivity index (χ3n) is 7.85. The molecule has 2 N–H and O–H groups in total. The zero-order chi connectivity index (χ0) is 29.4. The van der Waals surface area contributed by atoms with Gasteiger partial charge in [-0.3, -0.25) is 0 Å². The van der Waals surface area contributed by atoms with E-state index in [1.807, 2.05) is 31.4 Å². The summed E-state index contributed by atoms with van der Waals surface area (Å²) >= 11 is 0. The van der Waals surface area contributed by atoms with E-state index in [4.69, 9.17) is 0 Å². The molecule has 1 fully saturated rings. The van der Waals surface area contributed by atoms with E-state index in [-0.39, 0.29) is 23.2 Å². The van der Waals surface area contributed by atoms with E-state index in [1.54, 1.807) is 18.3 Å². The summed E-state index contributed by atoms with van der Waals surface area (Å²) < 4.78 is 31.8. The Bertz CT molecular complexity index is 1710. The van der Waals surface area contributed by atoms with Crippen molar-refractivity contribution in [2.24, 2.45) is 0 Å². The van der Waals surface area contributed by atoms with Crippen LogP contribution >= 0.6 is 0 Å². The van der Waals surface area contributed by atoms with Crippen molar-refractivity contribution in [1.29, 1.82) is 0 Å². The van der Waals surface area contributed by atoms with E-state index >= 15 is 4.39 Å². The molecule has 5 aromatic rings. The molecule has 1 aliphatic rings. The Hall–Kier alpha value is -4.44. The van der Waals surface area contributed by atoms with Crippen LogP contribution in [0.15, 0.2) is 60.9 Å². The van der Waals surface area contributed by atoms with E-state index in [0.717, 1.165) is 30.7 Å². The number of piperidine rings is 1. The Kier molecular flexibility index (Phi) is 7.55. The highest BCUT2D eigenvalue weighted by molar-refractivity contribution is 5.83.